The van der Waals surface area contributed by atoms with Gasteiger partial charge in [0.1, 0.15) is 6.10 Å². The van der Waals surface area contributed by atoms with Gasteiger partial charge in [0.15, 0.2) is 0 Å². The van der Waals surface area contributed by atoms with Crippen molar-refractivity contribution in [3.8, 4) is 0 Å². The van der Waals surface area contributed by atoms with Crippen molar-refractivity contribution in [1.82, 2.24) is 5.32 Å². The number of unbranched alkanes of at least 4 members (excludes halogenated alkanes) is 31. The summed E-state index contributed by atoms with van der Waals surface area (Å²) in [7, 11) is 0. The summed E-state index contributed by atoms with van der Waals surface area (Å²) in [6.45, 7) is 6.46. The van der Waals surface area contributed by atoms with E-state index < -0.39 is 18.2 Å². The molecule has 6 nitrogen and oxygen atoms in total. The van der Waals surface area contributed by atoms with Crippen LogP contribution in [0.5, 0.6) is 0 Å². The molecule has 0 heterocycles. The van der Waals surface area contributed by atoms with Gasteiger partial charge in [0.25, 0.3) is 0 Å². The lowest BCUT2D eigenvalue weighted by molar-refractivity contribution is -0.151. The molecule has 3 N–H and O–H groups in total. The number of carbonyl (C=O) groups excluding carboxylic acids is 2. The smallest absolute Gasteiger partial charge is 0.306 e. The van der Waals surface area contributed by atoms with Crippen LogP contribution in [0.3, 0.4) is 0 Å². The molecule has 0 spiro atoms. The number of hydrogen-bond donors (Lipinski definition) is 3. The Morgan fingerprint density at radius 1 is 0.492 bits per heavy atom. The Kier molecular flexibility index (Phi) is 46.1. The van der Waals surface area contributed by atoms with Crippen LogP contribution in [0.1, 0.15) is 278 Å². The molecule has 0 aromatic rings. The van der Waals surface area contributed by atoms with Crippen LogP contribution in [0.15, 0.2) is 24.3 Å². The van der Waals surface area contributed by atoms with E-state index in [1.807, 2.05) is 0 Å². The van der Waals surface area contributed by atoms with E-state index >= 15 is 0 Å². The number of rotatable bonds is 47. The van der Waals surface area contributed by atoms with Crippen molar-refractivity contribution in [3.05, 3.63) is 24.3 Å². The van der Waals surface area contributed by atoms with Gasteiger partial charge in [-0.25, -0.2) is 0 Å². The van der Waals surface area contributed by atoms with Gasteiger partial charge in [-0.05, 0) is 57.8 Å². The van der Waals surface area contributed by atoms with Crippen LogP contribution < -0.4 is 5.32 Å². The number of nitrogens with one attached hydrogen (secondary N) is 1. The standard InChI is InChI=1S/C53H101NO5/c1-4-7-10-13-16-19-22-24-25-26-27-29-30-32-35-38-41-44-49(59-53(58)46-43-40-37-34-21-18-15-12-9-6-3)47-52(57)54-50(48-55)51(56)45-42-39-36-33-31-28-23-20-17-14-11-8-5-2/h16,19,24-25,49-51,55-56H,4-15,17-18,20-23,26-48H2,1-3H3,(H,54,57)/b19-16-,25-24-. The van der Waals surface area contributed by atoms with Gasteiger partial charge in [0, 0.05) is 6.42 Å². The van der Waals surface area contributed by atoms with Crippen LogP contribution in [-0.4, -0.2) is 46.9 Å². The minimum Gasteiger partial charge on any atom is -0.462 e. The molecule has 0 rings (SSSR count). The molecule has 0 saturated carbocycles. The van der Waals surface area contributed by atoms with Gasteiger partial charge in [0.2, 0.25) is 5.91 Å². The van der Waals surface area contributed by atoms with E-state index in [4.69, 9.17) is 4.74 Å². The second kappa shape index (κ2) is 47.4. The van der Waals surface area contributed by atoms with E-state index in [0.29, 0.717) is 19.3 Å². The molecule has 0 radical (unpaired) electrons. The first-order valence-corrected chi connectivity index (χ1v) is 26.1. The maximum atomic E-state index is 13.2. The Hall–Kier alpha value is -1.66. The highest BCUT2D eigenvalue weighted by molar-refractivity contribution is 5.77. The summed E-state index contributed by atoms with van der Waals surface area (Å²) in [6.07, 6.45) is 53.8. The normalized spacial score (nSPS) is 13.4. The highest BCUT2D eigenvalue weighted by Gasteiger charge is 2.24. The fourth-order valence-corrected chi connectivity index (χ4v) is 8.05. The van der Waals surface area contributed by atoms with Gasteiger partial charge < -0.3 is 20.3 Å². The molecule has 3 atom stereocenters. The Balaban J connectivity index is 4.54. The SMILES string of the molecule is CCCCC/C=C\C/C=C\CCCCCCCCCC(CC(=O)NC(CO)C(O)CCCCCCCCCCCCCCC)OC(=O)CCCCCCCCCCCC. The first-order valence-electron chi connectivity index (χ1n) is 26.1. The number of hydrogen-bond acceptors (Lipinski definition) is 5. The second-order valence-electron chi connectivity index (χ2n) is 17.9. The van der Waals surface area contributed by atoms with Gasteiger partial charge in [-0.3, -0.25) is 9.59 Å². The first-order chi connectivity index (χ1) is 29.0. The van der Waals surface area contributed by atoms with E-state index in [2.05, 4.69) is 50.4 Å². The van der Waals surface area contributed by atoms with E-state index in [1.165, 1.54) is 167 Å². The zero-order valence-corrected chi connectivity index (χ0v) is 39.7. The average Bonchev–Trinajstić information content (AvgIpc) is 3.23. The minimum absolute atomic E-state index is 0.0773. The highest BCUT2D eigenvalue weighted by Crippen LogP contribution is 2.18. The summed E-state index contributed by atoms with van der Waals surface area (Å²) < 4.78 is 5.93. The van der Waals surface area contributed by atoms with Crippen LogP contribution in [-0.2, 0) is 14.3 Å². The molecule has 59 heavy (non-hydrogen) atoms. The van der Waals surface area contributed by atoms with Crippen LogP contribution in [0.4, 0.5) is 0 Å². The van der Waals surface area contributed by atoms with Crippen molar-refractivity contribution >= 4 is 11.9 Å². The van der Waals surface area contributed by atoms with Gasteiger partial charge >= 0.3 is 5.97 Å². The molecule has 0 aromatic carbocycles. The van der Waals surface area contributed by atoms with E-state index in [9.17, 15) is 19.8 Å². The largest absolute Gasteiger partial charge is 0.462 e. The molecule has 0 fully saturated rings. The number of aliphatic hydroxyl groups excluding tert-OH is 2. The first kappa shape index (κ1) is 57.3. The lowest BCUT2D eigenvalue weighted by Gasteiger charge is -2.24. The summed E-state index contributed by atoms with van der Waals surface area (Å²) in [6, 6.07) is -0.699. The molecular weight excluding hydrogens is 731 g/mol. The molecule has 0 aliphatic heterocycles. The van der Waals surface area contributed by atoms with Gasteiger partial charge in [-0.2, -0.15) is 0 Å². The maximum absolute atomic E-state index is 13.2. The average molecular weight is 832 g/mol. The topological polar surface area (TPSA) is 95.9 Å². The Morgan fingerprint density at radius 2 is 0.864 bits per heavy atom. The van der Waals surface area contributed by atoms with Gasteiger partial charge in [-0.1, -0.05) is 231 Å². The molecule has 0 aliphatic carbocycles. The van der Waals surface area contributed by atoms with Gasteiger partial charge in [-0.15, -0.1) is 0 Å². The molecule has 1 amide bonds. The second-order valence-corrected chi connectivity index (χ2v) is 17.9. The number of ether oxygens (including phenoxy) is 1. The predicted octanol–water partition coefficient (Wildman–Crippen LogP) is 15.5. The van der Waals surface area contributed by atoms with Crippen molar-refractivity contribution in [2.75, 3.05) is 6.61 Å². The van der Waals surface area contributed by atoms with Crippen molar-refractivity contribution in [2.45, 2.75) is 296 Å². The number of allylic oxidation sites excluding steroid dienone is 4. The fourth-order valence-electron chi connectivity index (χ4n) is 8.05. The number of carbonyl (C=O) groups is 2. The molecule has 348 valence electrons. The summed E-state index contributed by atoms with van der Waals surface area (Å²) in [5.41, 5.74) is 0. The summed E-state index contributed by atoms with van der Waals surface area (Å²) in [4.78, 5) is 26.1. The third-order valence-electron chi connectivity index (χ3n) is 12.0. The zero-order chi connectivity index (χ0) is 43.1. The quantitative estimate of drug-likeness (QED) is 0.0322. The molecular formula is C53H101NO5. The van der Waals surface area contributed by atoms with E-state index in [-0.39, 0.29) is 24.9 Å². The summed E-state index contributed by atoms with van der Waals surface area (Å²) in [5, 5.41) is 23.8. The van der Waals surface area contributed by atoms with Crippen molar-refractivity contribution < 1.29 is 24.5 Å². The Labute approximate surface area is 367 Å². The number of amides is 1. The third kappa shape index (κ3) is 42.8. The molecule has 0 aliphatic rings. The number of aliphatic hydroxyl groups is 2. The van der Waals surface area contributed by atoms with Gasteiger partial charge in [0.05, 0.1) is 25.2 Å². The van der Waals surface area contributed by atoms with Crippen LogP contribution >= 0.6 is 0 Å². The molecule has 6 heteroatoms. The summed E-state index contributed by atoms with van der Waals surface area (Å²) in [5.74, 6) is -0.470. The highest BCUT2D eigenvalue weighted by atomic mass is 16.5. The van der Waals surface area contributed by atoms with Crippen molar-refractivity contribution in [1.29, 1.82) is 0 Å². The Morgan fingerprint density at radius 3 is 1.32 bits per heavy atom. The van der Waals surface area contributed by atoms with Crippen molar-refractivity contribution in [3.63, 3.8) is 0 Å². The minimum atomic E-state index is -0.785. The summed E-state index contributed by atoms with van der Waals surface area (Å²) >= 11 is 0. The molecule has 0 saturated heterocycles. The number of esters is 1. The molecule has 3 unspecified atom stereocenters. The molecule has 0 aromatic heterocycles. The zero-order valence-electron chi connectivity index (χ0n) is 39.7. The van der Waals surface area contributed by atoms with Crippen LogP contribution in [0.25, 0.3) is 0 Å². The fraction of sp³-hybridized carbons (Fsp3) is 0.887. The Bertz CT molecular complexity index is 935. The lowest BCUT2D eigenvalue weighted by atomic mass is 10.0. The van der Waals surface area contributed by atoms with E-state index in [0.717, 1.165) is 64.2 Å². The van der Waals surface area contributed by atoms with Crippen LogP contribution in [0, 0.1) is 0 Å². The van der Waals surface area contributed by atoms with Crippen LogP contribution in [0.2, 0.25) is 0 Å². The lowest BCUT2D eigenvalue weighted by Crippen LogP contribution is -2.46. The monoisotopic (exact) mass is 832 g/mol. The maximum Gasteiger partial charge on any atom is 0.306 e. The van der Waals surface area contributed by atoms with Crippen molar-refractivity contribution in [2.24, 2.45) is 0 Å². The van der Waals surface area contributed by atoms with E-state index in [1.54, 1.807) is 0 Å². The molecule has 0 bridgehead atoms. The predicted molar refractivity (Wildman–Crippen MR) is 255 cm³/mol. The third-order valence-corrected chi connectivity index (χ3v) is 12.0.